The number of benzene rings is 1. The number of carbonyl (C=O) groups excluding carboxylic acids is 1. The van der Waals surface area contributed by atoms with Crippen LogP contribution in [0.5, 0.6) is 0 Å². The monoisotopic (exact) mass is 339 g/mol. The summed E-state index contributed by atoms with van der Waals surface area (Å²) in [6, 6.07) is 6.78. The van der Waals surface area contributed by atoms with Crippen molar-refractivity contribution in [3.63, 3.8) is 0 Å². The Labute approximate surface area is 123 Å². The molecular formula is C13H12BrN2O2S-. The number of carboxylic acids is 1. The summed E-state index contributed by atoms with van der Waals surface area (Å²) in [6.45, 7) is 1.91. The van der Waals surface area contributed by atoms with Crippen LogP contribution in [0.25, 0.3) is 10.9 Å². The van der Waals surface area contributed by atoms with Crippen molar-refractivity contribution in [3.05, 3.63) is 34.4 Å². The summed E-state index contributed by atoms with van der Waals surface area (Å²) in [5.41, 5.74) is 7.24. The van der Waals surface area contributed by atoms with E-state index in [0.29, 0.717) is 0 Å². The second-order valence-electron chi connectivity index (χ2n) is 4.16. The lowest BCUT2D eigenvalue weighted by Crippen LogP contribution is -2.43. The fourth-order valence-electron chi connectivity index (χ4n) is 1.66. The van der Waals surface area contributed by atoms with Crippen molar-refractivity contribution in [2.45, 2.75) is 17.9 Å². The summed E-state index contributed by atoms with van der Waals surface area (Å²) < 4.78 is 0.955. The molecular weight excluding hydrogens is 328 g/mol. The molecule has 100 valence electrons. The lowest BCUT2D eigenvalue weighted by atomic mass is 10.2. The van der Waals surface area contributed by atoms with Crippen molar-refractivity contribution in [2.24, 2.45) is 5.73 Å². The molecule has 0 saturated carbocycles. The molecule has 2 aromatic rings. The van der Waals surface area contributed by atoms with E-state index in [1.54, 1.807) is 0 Å². The van der Waals surface area contributed by atoms with Gasteiger partial charge in [-0.1, -0.05) is 15.9 Å². The second kappa shape index (κ2) is 5.90. The lowest BCUT2D eigenvalue weighted by Gasteiger charge is -2.13. The lowest BCUT2D eigenvalue weighted by molar-refractivity contribution is -0.306. The van der Waals surface area contributed by atoms with Crippen LogP contribution in [-0.4, -0.2) is 22.7 Å². The highest BCUT2D eigenvalue weighted by Gasteiger charge is 2.09. The molecule has 0 radical (unpaired) electrons. The zero-order valence-corrected chi connectivity index (χ0v) is 12.6. The SMILES string of the molecule is Cc1cc(SCC(N)C(=O)[O-])c2cc(Br)ccc2n1. The van der Waals surface area contributed by atoms with Crippen LogP contribution in [0.1, 0.15) is 5.69 Å². The average molecular weight is 340 g/mol. The van der Waals surface area contributed by atoms with Crippen molar-refractivity contribution in [1.82, 2.24) is 4.98 Å². The minimum Gasteiger partial charge on any atom is -0.548 e. The van der Waals surface area contributed by atoms with Gasteiger partial charge in [-0.25, -0.2) is 0 Å². The number of aryl methyl sites for hydroxylation is 1. The zero-order chi connectivity index (χ0) is 14.0. The first-order valence-electron chi connectivity index (χ1n) is 5.63. The van der Waals surface area contributed by atoms with Gasteiger partial charge >= 0.3 is 0 Å². The van der Waals surface area contributed by atoms with Gasteiger partial charge in [-0.15, -0.1) is 11.8 Å². The third kappa shape index (κ3) is 3.46. The van der Waals surface area contributed by atoms with E-state index in [1.165, 1.54) is 11.8 Å². The summed E-state index contributed by atoms with van der Waals surface area (Å²) in [7, 11) is 0. The molecule has 0 amide bonds. The van der Waals surface area contributed by atoms with Crippen LogP contribution in [0.15, 0.2) is 33.6 Å². The van der Waals surface area contributed by atoms with E-state index >= 15 is 0 Å². The fourth-order valence-corrected chi connectivity index (χ4v) is 3.09. The van der Waals surface area contributed by atoms with Gasteiger partial charge in [-0.05, 0) is 31.2 Å². The largest absolute Gasteiger partial charge is 0.548 e. The quantitative estimate of drug-likeness (QED) is 0.853. The minimum atomic E-state index is -1.23. The molecule has 0 saturated heterocycles. The highest BCUT2D eigenvalue weighted by atomic mass is 79.9. The highest BCUT2D eigenvalue weighted by Crippen LogP contribution is 2.30. The van der Waals surface area contributed by atoms with E-state index < -0.39 is 12.0 Å². The number of hydrogen-bond acceptors (Lipinski definition) is 5. The van der Waals surface area contributed by atoms with Gasteiger partial charge in [0.1, 0.15) is 0 Å². The Morgan fingerprint density at radius 3 is 2.95 bits per heavy atom. The molecule has 0 aliphatic heterocycles. The number of nitrogens with zero attached hydrogens (tertiary/aromatic N) is 1. The number of aromatic nitrogens is 1. The van der Waals surface area contributed by atoms with Gasteiger partial charge in [0.15, 0.2) is 0 Å². The molecule has 19 heavy (non-hydrogen) atoms. The third-order valence-electron chi connectivity index (χ3n) is 2.58. The number of fused-ring (bicyclic) bond motifs is 1. The maximum Gasteiger partial charge on any atom is 0.0717 e. The number of hydrogen-bond donors (Lipinski definition) is 1. The Balaban J connectivity index is 2.36. The Morgan fingerprint density at radius 2 is 2.26 bits per heavy atom. The Bertz CT molecular complexity index is 633. The van der Waals surface area contributed by atoms with Gasteiger partial charge in [0, 0.05) is 26.2 Å². The minimum absolute atomic E-state index is 0.271. The summed E-state index contributed by atoms with van der Waals surface area (Å²) in [5.74, 6) is -0.961. The highest BCUT2D eigenvalue weighted by molar-refractivity contribution is 9.10. The van der Waals surface area contributed by atoms with E-state index in [-0.39, 0.29) is 5.75 Å². The number of rotatable bonds is 4. The van der Waals surface area contributed by atoms with Gasteiger partial charge in [-0.3, -0.25) is 4.98 Å². The van der Waals surface area contributed by atoms with Crippen LogP contribution in [0.2, 0.25) is 0 Å². The van der Waals surface area contributed by atoms with Crippen molar-refractivity contribution >= 4 is 44.6 Å². The van der Waals surface area contributed by atoms with Crippen LogP contribution >= 0.6 is 27.7 Å². The number of nitrogens with two attached hydrogens (primary N) is 1. The van der Waals surface area contributed by atoms with Crippen molar-refractivity contribution in [3.8, 4) is 0 Å². The number of thioether (sulfide) groups is 1. The molecule has 1 atom stereocenters. The molecule has 1 aromatic heterocycles. The molecule has 1 heterocycles. The van der Waals surface area contributed by atoms with Gasteiger partial charge in [0.05, 0.1) is 17.5 Å². The standard InChI is InChI=1S/C13H13BrN2O2S/c1-7-4-12(19-6-10(15)13(17)18)9-5-8(14)2-3-11(9)16-7/h2-5,10H,6,15H2,1H3,(H,17,18)/p-1. The molecule has 1 aromatic carbocycles. The summed E-state index contributed by atoms with van der Waals surface area (Å²) in [5, 5.41) is 11.6. The van der Waals surface area contributed by atoms with Crippen LogP contribution in [-0.2, 0) is 4.79 Å². The van der Waals surface area contributed by atoms with Gasteiger partial charge in [0.25, 0.3) is 0 Å². The fraction of sp³-hybridized carbons (Fsp3) is 0.231. The number of pyridine rings is 1. The predicted molar refractivity (Wildman–Crippen MR) is 77.9 cm³/mol. The average Bonchev–Trinajstić information content (AvgIpc) is 2.36. The molecule has 4 nitrogen and oxygen atoms in total. The molecule has 1 unspecified atom stereocenters. The Hall–Kier alpha value is -1.11. The second-order valence-corrected chi connectivity index (χ2v) is 6.14. The molecule has 0 aliphatic carbocycles. The van der Waals surface area contributed by atoms with Crippen LogP contribution in [0.3, 0.4) is 0 Å². The molecule has 0 aliphatic rings. The van der Waals surface area contributed by atoms with Gasteiger partial charge in [0.2, 0.25) is 0 Å². The van der Waals surface area contributed by atoms with Gasteiger partial charge < -0.3 is 15.6 Å². The number of aliphatic carboxylic acids is 1. The normalized spacial score (nSPS) is 12.6. The first kappa shape index (κ1) is 14.3. The Kier molecular flexibility index (Phi) is 4.44. The Morgan fingerprint density at radius 1 is 1.53 bits per heavy atom. The van der Waals surface area contributed by atoms with E-state index in [1.807, 2.05) is 31.2 Å². The van der Waals surface area contributed by atoms with E-state index in [9.17, 15) is 9.90 Å². The van der Waals surface area contributed by atoms with E-state index in [0.717, 1.165) is 26.0 Å². The zero-order valence-electron chi connectivity index (χ0n) is 10.2. The molecule has 2 rings (SSSR count). The van der Waals surface area contributed by atoms with Crippen molar-refractivity contribution < 1.29 is 9.90 Å². The first-order chi connectivity index (χ1) is 8.97. The molecule has 2 N–H and O–H groups in total. The molecule has 0 fully saturated rings. The van der Waals surface area contributed by atoms with Crippen molar-refractivity contribution in [1.29, 1.82) is 0 Å². The number of carbonyl (C=O) groups is 1. The van der Waals surface area contributed by atoms with Crippen LogP contribution in [0, 0.1) is 6.92 Å². The summed E-state index contributed by atoms with van der Waals surface area (Å²) >= 11 is 4.83. The summed E-state index contributed by atoms with van der Waals surface area (Å²) in [6.07, 6.45) is 0. The van der Waals surface area contributed by atoms with Crippen LogP contribution < -0.4 is 10.8 Å². The van der Waals surface area contributed by atoms with Crippen LogP contribution in [0.4, 0.5) is 0 Å². The van der Waals surface area contributed by atoms with Gasteiger partial charge in [-0.2, -0.15) is 0 Å². The number of carboxylic acid groups (broad SMARTS) is 1. The molecule has 6 heteroatoms. The summed E-state index contributed by atoms with van der Waals surface area (Å²) in [4.78, 5) is 16.1. The van der Waals surface area contributed by atoms with E-state index in [2.05, 4.69) is 20.9 Å². The number of halogens is 1. The topological polar surface area (TPSA) is 79.0 Å². The smallest absolute Gasteiger partial charge is 0.0717 e. The maximum atomic E-state index is 10.6. The molecule has 0 bridgehead atoms. The molecule has 0 spiro atoms. The third-order valence-corrected chi connectivity index (χ3v) is 4.25. The predicted octanol–water partition coefficient (Wildman–Crippen LogP) is 1.48. The van der Waals surface area contributed by atoms with E-state index in [4.69, 9.17) is 5.73 Å². The first-order valence-corrected chi connectivity index (χ1v) is 7.41. The van der Waals surface area contributed by atoms with Crippen molar-refractivity contribution in [2.75, 3.05) is 5.75 Å². The maximum absolute atomic E-state index is 10.6.